The molecule has 0 aliphatic rings. The van der Waals surface area contributed by atoms with Gasteiger partial charge in [0.15, 0.2) is 0 Å². The van der Waals surface area contributed by atoms with Crippen LogP contribution >= 0.6 is 11.6 Å². The zero-order valence-electron chi connectivity index (χ0n) is 7.84. The van der Waals surface area contributed by atoms with Crippen LogP contribution < -0.4 is 0 Å². The Morgan fingerprint density at radius 1 is 1.54 bits per heavy atom. The monoisotopic (exact) mass is 193 g/mol. The predicted molar refractivity (Wildman–Crippen MR) is 54.9 cm³/mol. The Hall–Kier alpha value is -1.00. The van der Waals surface area contributed by atoms with Crippen LogP contribution in [0.5, 0.6) is 0 Å². The number of hydrogen-bond donors (Lipinski definition) is 0. The van der Waals surface area contributed by atoms with E-state index >= 15 is 0 Å². The summed E-state index contributed by atoms with van der Waals surface area (Å²) in [4.78, 5) is 0. The van der Waals surface area contributed by atoms with E-state index in [1.165, 1.54) is 0 Å². The van der Waals surface area contributed by atoms with E-state index in [0.29, 0.717) is 16.5 Å². The molecule has 1 unspecified atom stereocenters. The zero-order valence-corrected chi connectivity index (χ0v) is 8.60. The molecule has 2 heteroatoms. The van der Waals surface area contributed by atoms with Crippen molar-refractivity contribution >= 4 is 11.6 Å². The molecular weight excluding hydrogens is 182 g/mol. The molecule has 1 aromatic rings. The smallest absolute Gasteiger partial charge is 0.0992 e. The molecule has 1 rings (SSSR count). The van der Waals surface area contributed by atoms with E-state index in [1.807, 2.05) is 12.1 Å². The predicted octanol–water partition coefficient (Wildman–Crippen LogP) is 3.73. The van der Waals surface area contributed by atoms with Crippen LogP contribution in [0.2, 0.25) is 5.02 Å². The Kier molecular flexibility index (Phi) is 3.33. The Morgan fingerprint density at radius 3 is 2.69 bits per heavy atom. The molecule has 0 spiro atoms. The fourth-order valence-electron chi connectivity index (χ4n) is 1.22. The summed E-state index contributed by atoms with van der Waals surface area (Å²) in [6.07, 6.45) is 1.06. The summed E-state index contributed by atoms with van der Waals surface area (Å²) in [6, 6.07) is 7.55. The third-order valence-electron chi connectivity index (χ3n) is 2.27. The van der Waals surface area contributed by atoms with E-state index < -0.39 is 0 Å². The van der Waals surface area contributed by atoms with E-state index in [4.69, 9.17) is 16.9 Å². The fourth-order valence-corrected chi connectivity index (χ4v) is 1.58. The van der Waals surface area contributed by atoms with Crippen LogP contribution in [-0.4, -0.2) is 0 Å². The molecule has 0 amide bonds. The van der Waals surface area contributed by atoms with E-state index in [-0.39, 0.29) is 0 Å². The molecule has 0 radical (unpaired) electrons. The van der Waals surface area contributed by atoms with Crippen LogP contribution in [0, 0.1) is 11.3 Å². The molecule has 0 heterocycles. The summed E-state index contributed by atoms with van der Waals surface area (Å²) in [5.74, 6) is 0.459. The van der Waals surface area contributed by atoms with Crippen LogP contribution in [0.1, 0.15) is 37.3 Å². The summed E-state index contributed by atoms with van der Waals surface area (Å²) < 4.78 is 0. The van der Waals surface area contributed by atoms with Crippen molar-refractivity contribution in [2.45, 2.75) is 26.2 Å². The van der Waals surface area contributed by atoms with Gasteiger partial charge in [-0.25, -0.2) is 0 Å². The minimum Gasteiger partial charge on any atom is -0.192 e. The maximum Gasteiger partial charge on any atom is 0.0992 e. The lowest BCUT2D eigenvalue weighted by Gasteiger charge is -2.10. The van der Waals surface area contributed by atoms with Crippen molar-refractivity contribution in [1.82, 2.24) is 0 Å². The molecule has 0 saturated heterocycles. The average molecular weight is 194 g/mol. The van der Waals surface area contributed by atoms with Crippen molar-refractivity contribution in [3.8, 4) is 6.07 Å². The maximum absolute atomic E-state index is 8.64. The van der Waals surface area contributed by atoms with Crippen molar-refractivity contribution < 1.29 is 0 Å². The van der Waals surface area contributed by atoms with Crippen molar-refractivity contribution in [3.63, 3.8) is 0 Å². The summed E-state index contributed by atoms with van der Waals surface area (Å²) in [5, 5.41) is 9.34. The van der Waals surface area contributed by atoms with Gasteiger partial charge in [0.25, 0.3) is 0 Å². The SMILES string of the molecule is CCC(C)c1ccc(C#N)cc1Cl. The second-order valence-corrected chi connectivity index (χ2v) is 3.56. The van der Waals surface area contributed by atoms with Crippen molar-refractivity contribution in [3.05, 3.63) is 34.3 Å². The molecule has 0 fully saturated rings. The van der Waals surface area contributed by atoms with Gasteiger partial charge in [0.1, 0.15) is 0 Å². The third kappa shape index (κ3) is 2.23. The van der Waals surface area contributed by atoms with Crippen LogP contribution in [0.25, 0.3) is 0 Å². The van der Waals surface area contributed by atoms with Gasteiger partial charge >= 0.3 is 0 Å². The highest BCUT2D eigenvalue weighted by Gasteiger charge is 2.07. The minimum absolute atomic E-state index is 0.459. The highest BCUT2D eigenvalue weighted by molar-refractivity contribution is 6.31. The first-order valence-corrected chi connectivity index (χ1v) is 4.76. The second-order valence-electron chi connectivity index (χ2n) is 3.16. The second kappa shape index (κ2) is 4.30. The zero-order chi connectivity index (χ0) is 9.84. The minimum atomic E-state index is 0.459. The van der Waals surface area contributed by atoms with Gasteiger partial charge in [-0.3, -0.25) is 0 Å². The third-order valence-corrected chi connectivity index (χ3v) is 2.60. The van der Waals surface area contributed by atoms with Gasteiger partial charge in [-0.05, 0) is 30.0 Å². The van der Waals surface area contributed by atoms with E-state index in [0.717, 1.165) is 12.0 Å². The van der Waals surface area contributed by atoms with Crippen LogP contribution in [-0.2, 0) is 0 Å². The molecule has 68 valence electrons. The first kappa shape index (κ1) is 10.1. The number of hydrogen-bond acceptors (Lipinski definition) is 1. The van der Waals surface area contributed by atoms with Crippen LogP contribution in [0.15, 0.2) is 18.2 Å². The van der Waals surface area contributed by atoms with E-state index in [2.05, 4.69) is 19.9 Å². The van der Waals surface area contributed by atoms with E-state index in [9.17, 15) is 0 Å². The van der Waals surface area contributed by atoms with Gasteiger partial charge in [0.2, 0.25) is 0 Å². The number of nitrogens with zero attached hydrogens (tertiary/aromatic N) is 1. The van der Waals surface area contributed by atoms with Gasteiger partial charge in [0, 0.05) is 5.02 Å². The fraction of sp³-hybridized carbons (Fsp3) is 0.364. The van der Waals surface area contributed by atoms with Gasteiger partial charge in [-0.1, -0.05) is 31.5 Å². The number of halogens is 1. The molecule has 13 heavy (non-hydrogen) atoms. The molecule has 1 aromatic carbocycles. The largest absolute Gasteiger partial charge is 0.192 e. The Labute approximate surface area is 84.0 Å². The van der Waals surface area contributed by atoms with Gasteiger partial charge in [0.05, 0.1) is 11.6 Å². The van der Waals surface area contributed by atoms with Gasteiger partial charge < -0.3 is 0 Å². The molecule has 0 N–H and O–H groups in total. The number of nitriles is 1. The summed E-state index contributed by atoms with van der Waals surface area (Å²) in [6.45, 7) is 4.26. The maximum atomic E-state index is 8.64. The Bertz CT molecular complexity index is 338. The first-order chi connectivity index (χ1) is 6.19. The summed E-state index contributed by atoms with van der Waals surface area (Å²) >= 11 is 6.03. The molecule has 0 bridgehead atoms. The van der Waals surface area contributed by atoms with Crippen molar-refractivity contribution in [2.24, 2.45) is 0 Å². The Morgan fingerprint density at radius 2 is 2.23 bits per heavy atom. The normalized spacial score (nSPS) is 12.2. The standard InChI is InChI=1S/C11H12ClN/c1-3-8(2)10-5-4-9(7-13)6-11(10)12/h4-6,8H,3H2,1-2H3. The summed E-state index contributed by atoms with van der Waals surface area (Å²) in [5.41, 5.74) is 1.75. The quantitative estimate of drug-likeness (QED) is 0.702. The van der Waals surface area contributed by atoms with Gasteiger partial charge in [-0.2, -0.15) is 5.26 Å². The van der Waals surface area contributed by atoms with Crippen molar-refractivity contribution in [1.29, 1.82) is 5.26 Å². The molecule has 1 atom stereocenters. The average Bonchev–Trinajstić information content (AvgIpc) is 2.16. The Balaban J connectivity index is 3.07. The lowest BCUT2D eigenvalue weighted by molar-refractivity contribution is 0.734. The molecule has 0 aliphatic carbocycles. The first-order valence-electron chi connectivity index (χ1n) is 4.38. The highest BCUT2D eigenvalue weighted by Crippen LogP contribution is 2.27. The van der Waals surface area contributed by atoms with E-state index in [1.54, 1.807) is 6.07 Å². The molecule has 1 nitrogen and oxygen atoms in total. The topological polar surface area (TPSA) is 23.8 Å². The molecule has 0 aliphatic heterocycles. The van der Waals surface area contributed by atoms with Crippen molar-refractivity contribution in [2.75, 3.05) is 0 Å². The van der Waals surface area contributed by atoms with Crippen LogP contribution in [0.3, 0.4) is 0 Å². The van der Waals surface area contributed by atoms with Crippen LogP contribution in [0.4, 0.5) is 0 Å². The van der Waals surface area contributed by atoms with Gasteiger partial charge in [-0.15, -0.1) is 0 Å². The highest BCUT2D eigenvalue weighted by atomic mass is 35.5. The molecule has 0 saturated carbocycles. The lowest BCUT2D eigenvalue weighted by Crippen LogP contribution is -1.92. The lowest BCUT2D eigenvalue weighted by atomic mass is 9.98. The summed E-state index contributed by atoms with van der Waals surface area (Å²) in [7, 11) is 0. The number of benzene rings is 1. The molecular formula is C11H12ClN. The molecule has 0 aromatic heterocycles. The number of rotatable bonds is 2.